The summed E-state index contributed by atoms with van der Waals surface area (Å²) in [4.78, 5) is 16.8. The van der Waals surface area contributed by atoms with Gasteiger partial charge < -0.3 is 5.11 Å². The minimum absolute atomic E-state index is 0.332. The Morgan fingerprint density at radius 1 is 1.53 bits per heavy atom. The normalized spacial score (nSPS) is 12.8. The third-order valence-electron chi connectivity index (χ3n) is 3.19. The number of carboxylic acid groups (broad SMARTS) is 1. The van der Waals surface area contributed by atoms with E-state index in [-0.39, 0.29) is 5.82 Å². The van der Waals surface area contributed by atoms with E-state index in [1.807, 2.05) is 0 Å². The zero-order valence-corrected chi connectivity index (χ0v) is 10.8. The number of nitrogens with zero attached hydrogens (tertiary/aromatic N) is 2. The lowest BCUT2D eigenvalue weighted by molar-refractivity contribution is -0.142. The molecule has 0 spiro atoms. The Morgan fingerprint density at radius 2 is 2.26 bits per heavy atom. The van der Waals surface area contributed by atoms with Gasteiger partial charge in [-0.15, -0.1) is 0 Å². The minimum Gasteiger partial charge on any atom is -0.480 e. The Balaban J connectivity index is 2.37. The van der Waals surface area contributed by atoms with Crippen LogP contribution >= 0.6 is 0 Å². The van der Waals surface area contributed by atoms with Crippen LogP contribution in [0.4, 0.5) is 4.39 Å². The van der Waals surface area contributed by atoms with Crippen molar-refractivity contribution in [3.8, 4) is 0 Å². The number of halogens is 1. The van der Waals surface area contributed by atoms with Crippen LogP contribution in [0, 0.1) is 5.82 Å². The molecule has 0 bridgehead atoms. The van der Waals surface area contributed by atoms with Gasteiger partial charge in [0, 0.05) is 18.1 Å². The van der Waals surface area contributed by atoms with Gasteiger partial charge in [-0.2, -0.15) is 0 Å². The lowest BCUT2D eigenvalue weighted by Crippen LogP contribution is -2.35. The van der Waals surface area contributed by atoms with Crippen LogP contribution in [0.3, 0.4) is 0 Å². The van der Waals surface area contributed by atoms with Gasteiger partial charge in [-0.05, 0) is 37.7 Å². The number of aromatic nitrogens is 1. The number of benzene rings is 1. The molecule has 100 valence electrons. The molecule has 0 aliphatic rings. The molecule has 0 saturated heterocycles. The number of pyridine rings is 1. The molecule has 19 heavy (non-hydrogen) atoms. The first-order valence-corrected chi connectivity index (χ1v) is 5.95. The van der Waals surface area contributed by atoms with Crippen molar-refractivity contribution in [2.45, 2.75) is 19.5 Å². The molecule has 2 rings (SSSR count). The highest BCUT2D eigenvalue weighted by molar-refractivity contribution is 5.81. The van der Waals surface area contributed by atoms with Gasteiger partial charge in [0.25, 0.3) is 0 Å². The second-order valence-corrected chi connectivity index (χ2v) is 4.57. The molecule has 4 nitrogen and oxygen atoms in total. The summed E-state index contributed by atoms with van der Waals surface area (Å²) in [6, 6.07) is 5.72. The van der Waals surface area contributed by atoms with Crippen LogP contribution in [0.15, 0.2) is 30.5 Å². The summed E-state index contributed by atoms with van der Waals surface area (Å²) in [5.41, 5.74) is 1.39. The highest BCUT2D eigenvalue weighted by Gasteiger charge is 2.18. The fourth-order valence-electron chi connectivity index (χ4n) is 1.94. The molecule has 0 amide bonds. The molecule has 0 saturated carbocycles. The van der Waals surface area contributed by atoms with Crippen molar-refractivity contribution in [3.63, 3.8) is 0 Å². The van der Waals surface area contributed by atoms with Gasteiger partial charge in [0.2, 0.25) is 0 Å². The summed E-state index contributed by atoms with van der Waals surface area (Å²) in [7, 11) is 1.69. The standard InChI is InChI=1S/C14H15FN2O2/c1-9(14(18)19)17(2)8-11-7-12(15)6-10-4-3-5-16-13(10)11/h3-7,9H,8H2,1-2H3,(H,18,19). The Bertz CT molecular complexity index is 615. The molecule has 0 radical (unpaired) electrons. The molecule has 1 aromatic carbocycles. The number of carboxylic acids is 1. The summed E-state index contributed by atoms with van der Waals surface area (Å²) in [5, 5.41) is 9.68. The number of rotatable bonds is 4. The second kappa shape index (κ2) is 5.32. The van der Waals surface area contributed by atoms with Crippen LogP contribution in [0.25, 0.3) is 10.9 Å². The first kappa shape index (κ1) is 13.4. The van der Waals surface area contributed by atoms with Gasteiger partial charge in [0.05, 0.1) is 5.52 Å². The first-order valence-electron chi connectivity index (χ1n) is 5.95. The summed E-state index contributed by atoms with van der Waals surface area (Å²) >= 11 is 0. The van der Waals surface area contributed by atoms with Crippen molar-refractivity contribution >= 4 is 16.9 Å². The smallest absolute Gasteiger partial charge is 0.320 e. The third kappa shape index (κ3) is 2.88. The molecule has 1 unspecified atom stereocenters. The van der Waals surface area contributed by atoms with Crippen LogP contribution in [-0.2, 0) is 11.3 Å². The van der Waals surface area contributed by atoms with Crippen molar-refractivity contribution in [3.05, 3.63) is 41.8 Å². The maximum absolute atomic E-state index is 13.5. The van der Waals surface area contributed by atoms with E-state index in [0.717, 1.165) is 0 Å². The monoisotopic (exact) mass is 262 g/mol. The van der Waals surface area contributed by atoms with E-state index >= 15 is 0 Å². The highest BCUT2D eigenvalue weighted by atomic mass is 19.1. The Labute approximate surface area is 110 Å². The van der Waals surface area contributed by atoms with E-state index < -0.39 is 12.0 Å². The zero-order valence-electron chi connectivity index (χ0n) is 10.8. The number of fused-ring (bicyclic) bond motifs is 1. The van der Waals surface area contributed by atoms with E-state index in [2.05, 4.69) is 4.98 Å². The largest absolute Gasteiger partial charge is 0.480 e. The quantitative estimate of drug-likeness (QED) is 0.918. The second-order valence-electron chi connectivity index (χ2n) is 4.57. The van der Waals surface area contributed by atoms with Crippen molar-refractivity contribution < 1.29 is 14.3 Å². The molecule has 1 atom stereocenters. The third-order valence-corrected chi connectivity index (χ3v) is 3.19. The highest BCUT2D eigenvalue weighted by Crippen LogP contribution is 2.20. The van der Waals surface area contributed by atoms with Gasteiger partial charge in [-0.3, -0.25) is 14.7 Å². The number of hydrogen-bond acceptors (Lipinski definition) is 3. The van der Waals surface area contributed by atoms with E-state index in [1.54, 1.807) is 37.2 Å². The SMILES string of the molecule is CC(C(=O)O)N(C)Cc1cc(F)cc2cccnc12. The number of hydrogen-bond donors (Lipinski definition) is 1. The Hall–Kier alpha value is -2.01. The zero-order chi connectivity index (χ0) is 14.0. The summed E-state index contributed by atoms with van der Waals surface area (Å²) < 4.78 is 13.5. The minimum atomic E-state index is -0.906. The van der Waals surface area contributed by atoms with Crippen LogP contribution in [0.5, 0.6) is 0 Å². The van der Waals surface area contributed by atoms with Crippen LogP contribution < -0.4 is 0 Å². The number of likely N-dealkylation sites (N-methyl/N-ethyl adjacent to an activating group) is 1. The average Bonchev–Trinajstić information content (AvgIpc) is 2.37. The molecule has 2 aromatic rings. The predicted molar refractivity (Wildman–Crippen MR) is 70.3 cm³/mol. The van der Waals surface area contributed by atoms with Crippen molar-refractivity contribution in [1.82, 2.24) is 9.88 Å². The molecule has 0 aliphatic carbocycles. The topological polar surface area (TPSA) is 53.4 Å². The van der Waals surface area contributed by atoms with Crippen LogP contribution in [0.2, 0.25) is 0 Å². The summed E-state index contributed by atoms with van der Waals surface area (Å²) in [6.07, 6.45) is 1.64. The molecular formula is C14H15FN2O2. The molecule has 1 heterocycles. The molecule has 0 fully saturated rings. The van der Waals surface area contributed by atoms with Crippen LogP contribution in [-0.4, -0.2) is 34.0 Å². The molecular weight excluding hydrogens is 247 g/mol. The maximum atomic E-state index is 13.5. The predicted octanol–water partition coefficient (Wildman–Crippen LogP) is 2.28. The summed E-state index contributed by atoms with van der Waals surface area (Å²) in [5.74, 6) is -1.25. The first-order chi connectivity index (χ1) is 8.99. The van der Waals surface area contributed by atoms with Gasteiger partial charge >= 0.3 is 5.97 Å². The maximum Gasteiger partial charge on any atom is 0.320 e. The number of aliphatic carboxylic acids is 1. The van der Waals surface area contributed by atoms with Crippen molar-refractivity contribution in [2.75, 3.05) is 7.05 Å². The fourth-order valence-corrected chi connectivity index (χ4v) is 1.94. The lowest BCUT2D eigenvalue weighted by atomic mass is 10.1. The van der Waals surface area contributed by atoms with Crippen molar-refractivity contribution in [1.29, 1.82) is 0 Å². The average molecular weight is 262 g/mol. The van der Waals surface area contributed by atoms with Gasteiger partial charge in [0.15, 0.2) is 0 Å². The van der Waals surface area contributed by atoms with Gasteiger partial charge in [-0.25, -0.2) is 4.39 Å². The van der Waals surface area contributed by atoms with E-state index in [9.17, 15) is 9.18 Å². The molecule has 5 heteroatoms. The van der Waals surface area contributed by atoms with Crippen LogP contribution in [0.1, 0.15) is 12.5 Å². The van der Waals surface area contributed by atoms with E-state index in [0.29, 0.717) is 23.0 Å². The van der Waals surface area contributed by atoms with Gasteiger partial charge in [0.1, 0.15) is 11.9 Å². The molecule has 1 N–H and O–H groups in total. The van der Waals surface area contributed by atoms with Gasteiger partial charge in [-0.1, -0.05) is 6.07 Å². The Morgan fingerprint density at radius 3 is 2.95 bits per heavy atom. The fraction of sp³-hybridized carbons (Fsp3) is 0.286. The lowest BCUT2D eigenvalue weighted by Gasteiger charge is -2.21. The Kier molecular flexibility index (Phi) is 3.76. The molecule has 1 aromatic heterocycles. The summed E-state index contributed by atoms with van der Waals surface area (Å²) in [6.45, 7) is 1.93. The van der Waals surface area contributed by atoms with Crippen molar-refractivity contribution in [2.24, 2.45) is 0 Å². The molecule has 0 aliphatic heterocycles. The van der Waals surface area contributed by atoms with E-state index in [1.165, 1.54) is 12.1 Å². The number of carbonyl (C=O) groups is 1. The van der Waals surface area contributed by atoms with E-state index in [4.69, 9.17) is 5.11 Å².